The Hall–Kier alpha value is -2.64. The Morgan fingerprint density at radius 3 is 2.05 bits per heavy atom. The molecule has 0 aliphatic rings. The van der Waals surface area contributed by atoms with E-state index in [1.165, 1.54) is 11.9 Å². The Balaban J connectivity index is 2.72. The third kappa shape index (κ3) is 4.92. The summed E-state index contributed by atoms with van der Waals surface area (Å²) in [5.74, 6) is -2.53. The average Bonchev–Trinajstić information content (AvgIpc) is 2.37. The van der Waals surface area contributed by atoms with Crippen LogP contribution >= 0.6 is 0 Å². The van der Waals surface area contributed by atoms with Crippen molar-refractivity contribution in [3.63, 3.8) is 0 Å². The second-order valence-electron chi connectivity index (χ2n) is 4.14. The minimum absolute atomic E-state index is 0.233. The highest BCUT2D eigenvalue weighted by atomic mass is 16.4. The first kappa shape index (κ1) is 15.4. The van der Waals surface area contributed by atoms with Crippen molar-refractivity contribution >= 4 is 18.0 Å². The lowest BCUT2D eigenvalue weighted by atomic mass is 10.2. The molecule has 0 spiro atoms. The molecule has 20 heavy (non-hydrogen) atoms. The molecule has 0 saturated heterocycles. The van der Waals surface area contributed by atoms with Crippen LogP contribution in [0.25, 0.3) is 0 Å². The molecule has 0 unspecified atom stereocenters. The maximum atomic E-state index is 12.0. The molecule has 1 aromatic heterocycles. The number of hydrogen-bond donors (Lipinski definition) is 2. The van der Waals surface area contributed by atoms with Gasteiger partial charge in [0, 0.05) is 26.0 Å². The summed E-state index contributed by atoms with van der Waals surface area (Å²) >= 11 is 0. The van der Waals surface area contributed by atoms with Crippen molar-refractivity contribution in [2.75, 3.05) is 20.1 Å². The van der Waals surface area contributed by atoms with E-state index in [4.69, 9.17) is 10.2 Å². The maximum absolute atomic E-state index is 12.0. The summed E-state index contributed by atoms with van der Waals surface area (Å²) in [4.78, 5) is 39.2. The fourth-order valence-electron chi connectivity index (χ4n) is 1.59. The first-order chi connectivity index (χ1) is 9.40. The van der Waals surface area contributed by atoms with Crippen molar-refractivity contribution in [2.45, 2.75) is 6.54 Å². The van der Waals surface area contributed by atoms with Gasteiger partial charge in [0.05, 0.1) is 0 Å². The van der Waals surface area contributed by atoms with Gasteiger partial charge in [-0.05, 0) is 17.7 Å². The predicted molar refractivity (Wildman–Crippen MR) is 67.9 cm³/mol. The fourth-order valence-corrected chi connectivity index (χ4v) is 1.59. The molecule has 0 aliphatic heterocycles. The van der Waals surface area contributed by atoms with E-state index in [-0.39, 0.29) is 6.54 Å². The molecule has 1 rings (SSSR count). The van der Waals surface area contributed by atoms with Gasteiger partial charge < -0.3 is 20.0 Å². The van der Waals surface area contributed by atoms with Gasteiger partial charge in [-0.25, -0.2) is 4.79 Å². The topological polar surface area (TPSA) is 111 Å². The number of carbonyl (C=O) groups is 3. The van der Waals surface area contributed by atoms with Gasteiger partial charge in [0.25, 0.3) is 0 Å². The van der Waals surface area contributed by atoms with E-state index in [1.807, 2.05) is 0 Å². The molecule has 0 radical (unpaired) electrons. The molecule has 0 saturated carbocycles. The number of carboxylic acid groups (broad SMARTS) is 2. The molecule has 2 amide bonds. The van der Waals surface area contributed by atoms with Crippen molar-refractivity contribution in [2.24, 2.45) is 0 Å². The molecule has 0 bridgehead atoms. The Morgan fingerprint density at radius 1 is 1.10 bits per heavy atom. The zero-order chi connectivity index (χ0) is 15.1. The molecule has 0 aliphatic carbocycles. The zero-order valence-electron chi connectivity index (χ0n) is 10.9. The number of amides is 2. The standard InChI is InChI=1S/C12H15N3O5/c1-14(6-9-2-4-13-5-3-9)12(20)15(7-10(16)17)8-11(18)19/h2-5H,6-8H2,1H3,(H,16,17)(H,18,19). The lowest BCUT2D eigenvalue weighted by Gasteiger charge is -2.25. The van der Waals surface area contributed by atoms with Gasteiger partial charge in [-0.15, -0.1) is 0 Å². The minimum atomic E-state index is -1.27. The lowest BCUT2D eigenvalue weighted by Crippen LogP contribution is -2.45. The molecule has 8 nitrogen and oxygen atoms in total. The number of rotatable bonds is 6. The number of hydrogen-bond acceptors (Lipinski definition) is 4. The van der Waals surface area contributed by atoms with Gasteiger partial charge in [-0.1, -0.05) is 0 Å². The summed E-state index contributed by atoms with van der Waals surface area (Å²) in [5, 5.41) is 17.4. The molecular weight excluding hydrogens is 266 g/mol. The Kier molecular flexibility index (Phi) is 5.45. The van der Waals surface area contributed by atoms with E-state index in [9.17, 15) is 14.4 Å². The van der Waals surface area contributed by atoms with E-state index < -0.39 is 31.1 Å². The quantitative estimate of drug-likeness (QED) is 0.765. The summed E-state index contributed by atoms with van der Waals surface area (Å²) in [6.45, 7) is -1.09. The highest BCUT2D eigenvalue weighted by molar-refractivity contribution is 5.84. The fraction of sp³-hybridized carbons (Fsp3) is 0.333. The normalized spacial score (nSPS) is 9.85. The molecule has 2 N–H and O–H groups in total. The van der Waals surface area contributed by atoms with Crippen LogP contribution in [-0.2, 0) is 16.1 Å². The summed E-state index contributed by atoms with van der Waals surface area (Å²) in [7, 11) is 1.47. The molecule has 108 valence electrons. The third-order valence-corrected chi connectivity index (χ3v) is 2.42. The number of pyridine rings is 1. The van der Waals surface area contributed by atoms with Crippen LogP contribution < -0.4 is 0 Å². The number of nitrogens with zero attached hydrogens (tertiary/aromatic N) is 3. The summed E-state index contributed by atoms with van der Waals surface area (Å²) in [6, 6.07) is 2.76. The number of urea groups is 1. The molecule has 0 fully saturated rings. The summed E-state index contributed by atoms with van der Waals surface area (Å²) in [5.41, 5.74) is 0.807. The third-order valence-electron chi connectivity index (χ3n) is 2.42. The predicted octanol–water partition coefficient (Wildman–Crippen LogP) is 0.105. The second kappa shape index (κ2) is 7.07. The number of aliphatic carboxylic acids is 2. The molecule has 1 aromatic rings. The van der Waals surface area contributed by atoms with Crippen molar-refractivity contribution < 1.29 is 24.6 Å². The SMILES string of the molecule is CN(Cc1ccncc1)C(=O)N(CC(=O)O)CC(=O)O. The monoisotopic (exact) mass is 281 g/mol. The number of carboxylic acids is 2. The van der Waals surface area contributed by atoms with Gasteiger partial charge in [-0.2, -0.15) is 0 Å². The largest absolute Gasteiger partial charge is 0.480 e. The van der Waals surface area contributed by atoms with E-state index in [0.717, 1.165) is 10.5 Å². The zero-order valence-corrected chi connectivity index (χ0v) is 10.9. The van der Waals surface area contributed by atoms with Crippen LogP contribution in [0.2, 0.25) is 0 Å². The van der Waals surface area contributed by atoms with E-state index in [2.05, 4.69) is 4.98 Å². The van der Waals surface area contributed by atoms with Crippen molar-refractivity contribution in [1.29, 1.82) is 0 Å². The molecule has 1 heterocycles. The second-order valence-corrected chi connectivity index (χ2v) is 4.14. The van der Waals surface area contributed by atoms with Crippen LogP contribution in [0.3, 0.4) is 0 Å². The van der Waals surface area contributed by atoms with E-state index in [1.54, 1.807) is 24.5 Å². The lowest BCUT2D eigenvalue weighted by molar-refractivity contribution is -0.140. The highest BCUT2D eigenvalue weighted by Gasteiger charge is 2.22. The van der Waals surface area contributed by atoms with Crippen molar-refractivity contribution in [1.82, 2.24) is 14.8 Å². The van der Waals surface area contributed by atoms with Gasteiger partial charge in [0.2, 0.25) is 0 Å². The van der Waals surface area contributed by atoms with Gasteiger partial charge in [-0.3, -0.25) is 14.6 Å². The Labute approximate surface area is 115 Å². The Bertz CT molecular complexity index is 475. The minimum Gasteiger partial charge on any atom is -0.480 e. The van der Waals surface area contributed by atoms with Crippen LogP contribution in [0.5, 0.6) is 0 Å². The highest BCUT2D eigenvalue weighted by Crippen LogP contribution is 2.05. The van der Waals surface area contributed by atoms with E-state index >= 15 is 0 Å². The first-order valence-corrected chi connectivity index (χ1v) is 5.72. The van der Waals surface area contributed by atoms with Crippen LogP contribution in [0, 0.1) is 0 Å². The van der Waals surface area contributed by atoms with Crippen molar-refractivity contribution in [3.8, 4) is 0 Å². The van der Waals surface area contributed by atoms with Gasteiger partial charge in [0.15, 0.2) is 0 Å². The van der Waals surface area contributed by atoms with Gasteiger partial charge in [0.1, 0.15) is 13.1 Å². The van der Waals surface area contributed by atoms with Gasteiger partial charge >= 0.3 is 18.0 Å². The smallest absolute Gasteiger partial charge is 0.323 e. The van der Waals surface area contributed by atoms with Crippen molar-refractivity contribution in [3.05, 3.63) is 30.1 Å². The van der Waals surface area contributed by atoms with Crippen LogP contribution in [0.15, 0.2) is 24.5 Å². The maximum Gasteiger partial charge on any atom is 0.323 e. The Morgan fingerprint density at radius 2 is 1.60 bits per heavy atom. The molecule has 0 aromatic carbocycles. The van der Waals surface area contributed by atoms with Crippen LogP contribution in [-0.4, -0.2) is 63.1 Å². The first-order valence-electron chi connectivity index (χ1n) is 5.72. The van der Waals surface area contributed by atoms with E-state index in [0.29, 0.717) is 0 Å². The summed E-state index contributed by atoms with van der Waals surface area (Å²) in [6.07, 6.45) is 3.14. The molecular formula is C12H15N3O5. The number of carbonyl (C=O) groups excluding carboxylic acids is 1. The molecule has 8 heteroatoms. The summed E-state index contributed by atoms with van der Waals surface area (Å²) < 4.78 is 0. The van der Waals surface area contributed by atoms with Crippen LogP contribution in [0.4, 0.5) is 4.79 Å². The average molecular weight is 281 g/mol. The van der Waals surface area contributed by atoms with Crippen LogP contribution in [0.1, 0.15) is 5.56 Å². The number of aromatic nitrogens is 1. The molecule has 0 atom stereocenters.